The number of carbonyl (C=O) groups is 2. The maximum absolute atomic E-state index is 14.7. The van der Waals surface area contributed by atoms with Crippen LogP contribution in [0.25, 0.3) is 0 Å². The van der Waals surface area contributed by atoms with Crippen molar-refractivity contribution in [1.29, 1.82) is 5.26 Å². The molecule has 2 amide bonds. The summed E-state index contributed by atoms with van der Waals surface area (Å²) in [5.74, 6) is -4.28. The SMILES string of the molecule is Cc1ccccc1C(C(=O)NC1CCC(F)(F)CC1)N(C(=O)C1CCOCN1c1cc(C#N)ccn1)c1cncc(F)c1. The van der Waals surface area contributed by atoms with E-state index in [1.165, 1.54) is 29.4 Å². The van der Waals surface area contributed by atoms with Gasteiger partial charge in [0.05, 0.1) is 36.3 Å². The molecule has 0 radical (unpaired) electrons. The molecule has 43 heavy (non-hydrogen) atoms. The van der Waals surface area contributed by atoms with Gasteiger partial charge in [0.15, 0.2) is 0 Å². The van der Waals surface area contributed by atoms with E-state index in [-0.39, 0.29) is 51.1 Å². The second-order valence-electron chi connectivity index (χ2n) is 10.8. The third kappa shape index (κ3) is 6.78. The number of ether oxygens (including phenoxy) is 1. The summed E-state index contributed by atoms with van der Waals surface area (Å²) in [5.41, 5.74) is 1.58. The number of alkyl halides is 2. The standard InChI is InChI=1S/C31H31F3N6O3/c1-20-4-2-3-5-25(20)28(29(41)38-23-6-10-31(33,34)11-7-23)40(24-15-22(32)17-36-18-24)30(42)26-9-13-43-19-39(26)27-14-21(16-35)8-12-37-27/h2-5,8,12,14-15,17-18,23,26,28H,6-7,9-11,13,19H2,1H3,(H,38,41). The quantitative estimate of drug-likeness (QED) is 0.419. The van der Waals surface area contributed by atoms with Crippen molar-refractivity contribution in [3.05, 3.63) is 83.6 Å². The number of hydrogen-bond acceptors (Lipinski definition) is 7. The molecule has 1 aliphatic heterocycles. The Morgan fingerprint density at radius 1 is 1.16 bits per heavy atom. The Kier molecular flexibility index (Phi) is 8.92. The monoisotopic (exact) mass is 592 g/mol. The van der Waals surface area contributed by atoms with Gasteiger partial charge in [-0.1, -0.05) is 24.3 Å². The number of pyridine rings is 2. The first kappa shape index (κ1) is 30.0. The van der Waals surface area contributed by atoms with E-state index in [9.17, 15) is 28.0 Å². The van der Waals surface area contributed by atoms with Crippen LogP contribution in [0.3, 0.4) is 0 Å². The highest BCUT2D eigenvalue weighted by molar-refractivity contribution is 6.05. The highest BCUT2D eigenvalue weighted by Crippen LogP contribution is 2.36. The summed E-state index contributed by atoms with van der Waals surface area (Å²) < 4.78 is 48.0. The van der Waals surface area contributed by atoms with Gasteiger partial charge in [-0.25, -0.2) is 18.2 Å². The van der Waals surface area contributed by atoms with Crippen molar-refractivity contribution in [2.24, 2.45) is 0 Å². The second-order valence-corrected chi connectivity index (χ2v) is 10.8. The van der Waals surface area contributed by atoms with Gasteiger partial charge in [-0.15, -0.1) is 0 Å². The van der Waals surface area contributed by atoms with Crippen molar-refractivity contribution >= 4 is 23.3 Å². The number of rotatable bonds is 7. The average Bonchev–Trinajstić information content (AvgIpc) is 3.01. The molecular weight excluding hydrogens is 561 g/mol. The van der Waals surface area contributed by atoms with Crippen LogP contribution in [-0.4, -0.2) is 53.1 Å². The van der Waals surface area contributed by atoms with Crippen molar-refractivity contribution in [2.75, 3.05) is 23.1 Å². The zero-order chi connectivity index (χ0) is 30.6. The zero-order valence-electron chi connectivity index (χ0n) is 23.6. The van der Waals surface area contributed by atoms with Crippen LogP contribution >= 0.6 is 0 Å². The number of carbonyl (C=O) groups excluding carboxylic acids is 2. The van der Waals surface area contributed by atoms with Gasteiger partial charge in [-0.05, 0) is 43.0 Å². The van der Waals surface area contributed by atoms with E-state index in [4.69, 9.17) is 4.74 Å². The van der Waals surface area contributed by atoms with Crippen molar-refractivity contribution in [1.82, 2.24) is 15.3 Å². The molecule has 2 fully saturated rings. The molecule has 1 N–H and O–H groups in total. The Labute approximate surface area is 247 Å². The van der Waals surface area contributed by atoms with E-state index in [1.54, 1.807) is 36.1 Å². The molecule has 3 aromatic rings. The molecule has 224 valence electrons. The topological polar surface area (TPSA) is 111 Å². The van der Waals surface area contributed by atoms with E-state index in [0.29, 0.717) is 22.5 Å². The van der Waals surface area contributed by atoms with Crippen LogP contribution in [0.5, 0.6) is 0 Å². The second kappa shape index (κ2) is 12.8. The minimum Gasteiger partial charge on any atom is -0.361 e. The molecule has 2 aliphatic rings. The fraction of sp³-hybridized carbons (Fsp3) is 0.387. The predicted molar refractivity (Wildman–Crippen MR) is 152 cm³/mol. The van der Waals surface area contributed by atoms with E-state index in [1.807, 2.05) is 0 Å². The van der Waals surface area contributed by atoms with Crippen LogP contribution in [-0.2, 0) is 14.3 Å². The molecule has 1 aromatic carbocycles. The molecule has 12 heteroatoms. The highest BCUT2D eigenvalue weighted by Gasteiger charge is 2.42. The number of anilines is 2. The fourth-order valence-electron chi connectivity index (χ4n) is 5.58. The summed E-state index contributed by atoms with van der Waals surface area (Å²) in [6.45, 7) is 2.02. The van der Waals surface area contributed by atoms with E-state index in [0.717, 1.165) is 12.3 Å². The Balaban J connectivity index is 1.58. The molecule has 2 aromatic heterocycles. The molecule has 3 heterocycles. The summed E-state index contributed by atoms with van der Waals surface area (Å²) in [6, 6.07) is 10.6. The highest BCUT2D eigenvalue weighted by atomic mass is 19.3. The van der Waals surface area contributed by atoms with Gasteiger partial charge in [-0.3, -0.25) is 19.5 Å². The first-order valence-electron chi connectivity index (χ1n) is 14.0. The number of nitrogens with zero attached hydrogens (tertiary/aromatic N) is 5. The Morgan fingerprint density at radius 3 is 2.65 bits per heavy atom. The molecule has 9 nitrogen and oxygen atoms in total. The van der Waals surface area contributed by atoms with Gasteiger partial charge in [0.25, 0.3) is 5.91 Å². The van der Waals surface area contributed by atoms with Crippen molar-refractivity contribution in [3.63, 3.8) is 0 Å². The van der Waals surface area contributed by atoms with Crippen LogP contribution < -0.4 is 15.1 Å². The number of amides is 2. The molecule has 1 saturated heterocycles. The summed E-state index contributed by atoms with van der Waals surface area (Å²) >= 11 is 0. The molecule has 1 aliphatic carbocycles. The number of nitriles is 1. The number of hydrogen-bond donors (Lipinski definition) is 1. The van der Waals surface area contributed by atoms with Crippen LogP contribution in [0.1, 0.15) is 54.8 Å². The van der Waals surface area contributed by atoms with Crippen molar-refractivity contribution in [2.45, 2.75) is 63.1 Å². The van der Waals surface area contributed by atoms with Crippen LogP contribution in [0.4, 0.5) is 24.7 Å². The van der Waals surface area contributed by atoms with Gasteiger partial charge in [0.2, 0.25) is 11.8 Å². The molecule has 2 atom stereocenters. The Hall–Kier alpha value is -4.50. The summed E-state index contributed by atoms with van der Waals surface area (Å²) in [5, 5.41) is 12.3. The van der Waals surface area contributed by atoms with Crippen molar-refractivity contribution in [3.8, 4) is 6.07 Å². The normalized spacial score (nSPS) is 19.2. The van der Waals surface area contributed by atoms with Gasteiger partial charge in [0.1, 0.15) is 30.4 Å². The average molecular weight is 593 g/mol. The van der Waals surface area contributed by atoms with E-state index >= 15 is 0 Å². The maximum atomic E-state index is 14.7. The molecular formula is C31H31F3N6O3. The fourth-order valence-corrected chi connectivity index (χ4v) is 5.58. The zero-order valence-corrected chi connectivity index (χ0v) is 23.6. The minimum atomic E-state index is -2.78. The summed E-state index contributed by atoms with van der Waals surface area (Å²) in [4.78, 5) is 39.9. The number of benzene rings is 1. The Bertz CT molecular complexity index is 1520. The lowest BCUT2D eigenvalue weighted by molar-refractivity contribution is -0.129. The lowest BCUT2D eigenvalue weighted by atomic mass is 9.91. The van der Waals surface area contributed by atoms with Crippen LogP contribution in [0, 0.1) is 24.1 Å². The van der Waals surface area contributed by atoms with Crippen LogP contribution in [0.2, 0.25) is 0 Å². The first-order valence-corrected chi connectivity index (χ1v) is 14.0. The predicted octanol–water partition coefficient (Wildman–Crippen LogP) is 4.82. The number of aryl methyl sites for hydroxylation is 1. The summed E-state index contributed by atoms with van der Waals surface area (Å²) in [6.07, 6.45) is 3.44. The van der Waals surface area contributed by atoms with E-state index < -0.39 is 41.7 Å². The first-order chi connectivity index (χ1) is 20.7. The molecule has 1 saturated carbocycles. The maximum Gasteiger partial charge on any atom is 0.250 e. The smallest absolute Gasteiger partial charge is 0.250 e. The lowest BCUT2D eigenvalue weighted by Crippen LogP contribution is -2.56. The number of aromatic nitrogens is 2. The van der Waals surface area contributed by atoms with Gasteiger partial charge in [-0.2, -0.15) is 5.26 Å². The number of halogens is 3. The molecule has 0 spiro atoms. The van der Waals surface area contributed by atoms with Gasteiger partial charge in [0, 0.05) is 37.6 Å². The van der Waals surface area contributed by atoms with Crippen LogP contribution in [0.15, 0.2) is 61.1 Å². The minimum absolute atomic E-state index is 0.00889. The Morgan fingerprint density at radius 2 is 1.93 bits per heavy atom. The number of nitrogens with one attached hydrogen (secondary N) is 1. The summed E-state index contributed by atoms with van der Waals surface area (Å²) in [7, 11) is 0. The third-order valence-electron chi connectivity index (χ3n) is 7.86. The molecule has 2 unspecified atom stereocenters. The third-order valence-corrected chi connectivity index (χ3v) is 7.86. The van der Waals surface area contributed by atoms with Gasteiger partial charge < -0.3 is 15.0 Å². The largest absolute Gasteiger partial charge is 0.361 e. The molecule has 0 bridgehead atoms. The lowest BCUT2D eigenvalue weighted by Gasteiger charge is -2.41. The van der Waals surface area contributed by atoms with E-state index in [2.05, 4.69) is 21.4 Å². The van der Waals surface area contributed by atoms with Crippen molar-refractivity contribution < 1.29 is 27.5 Å². The van der Waals surface area contributed by atoms with Gasteiger partial charge >= 0.3 is 0 Å². The molecule has 5 rings (SSSR count).